The second-order valence-corrected chi connectivity index (χ2v) is 9.00. The molecule has 3 rings (SSSR count). The van der Waals surface area contributed by atoms with E-state index in [9.17, 15) is 18.0 Å². The molecule has 2 heterocycles. The number of hydrogen-bond acceptors (Lipinski definition) is 8. The van der Waals surface area contributed by atoms with Crippen molar-refractivity contribution in [3.05, 3.63) is 35.6 Å². The van der Waals surface area contributed by atoms with Gasteiger partial charge in [0.05, 0.1) is 12.7 Å². The number of amides is 1. The summed E-state index contributed by atoms with van der Waals surface area (Å²) in [7, 11) is -2.46. The van der Waals surface area contributed by atoms with Crippen LogP contribution in [0.3, 0.4) is 0 Å². The van der Waals surface area contributed by atoms with Gasteiger partial charge in [0, 0.05) is 19.2 Å². The molecule has 31 heavy (non-hydrogen) atoms. The Morgan fingerprint density at radius 1 is 1.26 bits per heavy atom. The molecule has 1 amide bonds. The standard InChI is InChI=1S/C20H25N3O7S/c1-4-15(19(24)21-18-11-13(2)30-22-18)29-20(25)14-7-8-16(28-3)17(12-14)31(26,27)23-9-5-6-10-23/h7-8,11-12,15H,4-6,9-10H2,1-3H3,(H,21,22,24)/t15-/m1/s1. The van der Waals surface area contributed by atoms with E-state index in [1.54, 1.807) is 13.8 Å². The molecule has 0 radical (unpaired) electrons. The topological polar surface area (TPSA) is 128 Å². The van der Waals surface area contributed by atoms with Gasteiger partial charge in [0.25, 0.3) is 5.91 Å². The van der Waals surface area contributed by atoms with Crippen molar-refractivity contribution < 1.29 is 32.0 Å². The summed E-state index contributed by atoms with van der Waals surface area (Å²) in [5, 5.41) is 6.19. The monoisotopic (exact) mass is 451 g/mol. The van der Waals surface area contributed by atoms with Gasteiger partial charge in [-0.25, -0.2) is 13.2 Å². The number of hydrogen-bond donors (Lipinski definition) is 1. The predicted molar refractivity (Wildman–Crippen MR) is 110 cm³/mol. The highest BCUT2D eigenvalue weighted by atomic mass is 32.2. The summed E-state index contributed by atoms with van der Waals surface area (Å²) in [6, 6.07) is 5.56. The summed E-state index contributed by atoms with van der Waals surface area (Å²) in [6.07, 6.45) is 0.678. The fourth-order valence-electron chi connectivity index (χ4n) is 3.22. The number of esters is 1. The Morgan fingerprint density at radius 3 is 2.55 bits per heavy atom. The summed E-state index contributed by atoms with van der Waals surface area (Å²) < 4.78 is 42.8. The Balaban J connectivity index is 1.79. The van der Waals surface area contributed by atoms with Crippen LogP contribution in [0.4, 0.5) is 5.82 Å². The van der Waals surface area contributed by atoms with Crippen LogP contribution in [0.25, 0.3) is 0 Å². The Labute approximate surface area is 180 Å². The van der Waals surface area contributed by atoms with E-state index in [1.165, 1.54) is 35.7 Å². The van der Waals surface area contributed by atoms with Crippen LogP contribution >= 0.6 is 0 Å². The summed E-state index contributed by atoms with van der Waals surface area (Å²) in [4.78, 5) is 25.0. The van der Waals surface area contributed by atoms with Gasteiger partial charge in [-0.05, 0) is 44.4 Å². The average molecular weight is 452 g/mol. The van der Waals surface area contributed by atoms with E-state index in [2.05, 4.69) is 10.5 Å². The molecule has 1 N–H and O–H groups in total. The molecule has 0 spiro atoms. The molecule has 0 saturated carbocycles. The number of methoxy groups -OCH3 is 1. The lowest BCUT2D eigenvalue weighted by molar-refractivity contribution is -0.124. The number of carbonyl (C=O) groups is 2. The van der Waals surface area contributed by atoms with Crippen molar-refractivity contribution in [2.75, 3.05) is 25.5 Å². The molecular weight excluding hydrogens is 426 g/mol. The minimum atomic E-state index is -3.82. The second-order valence-electron chi connectivity index (χ2n) is 7.09. The first-order chi connectivity index (χ1) is 14.8. The molecule has 1 aliphatic rings. The van der Waals surface area contributed by atoms with E-state index in [-0.39, 0.29) is 28.4 Å². The third-order valence-electron chi connectivity index (χ3n) is 4.87. The molecule has 1 atom stereocenters. The number of ether oxygens (including phenoxy) is 2. The quantitative estimate of drug-likeness (QED) is 0.606. The van der Waals surface area contributed by atoms with Gasteiger partial charge in [0.15, 0.2) is 11.9 Å². The lowest BCUT2D eigenvalue weighted by Crippen LogP contribution is -2.32. The SMILES string of the molecule is CC[C@@H](OC(=O)c1ccc(OC)c(S(=O)(=O)N2CCCC2)c1)C(=O)Nc1cc(C)on1. The molecular formula is C20H25N3O7S. The van der Waals surface area contributed by atoms with Crippen molar-refractivity contribution >= 4 is 27.7 Å². The smallest absolute Gasteiger partial charge is 0.338 e. The fourth-order valence-corrected chi connectivity index (χ4v) is 4.92. The van der Waals surface area contributed by atoms with Crippen LogP contribution in [0.15, 0.2) is 33.7 Å². The third kappa shape index (κ3) is 5.05. The minimum absolute atomic E-state index is 0.00195. The van der Waals surface area contributed by atoms with Gasteiger partial charge in [-0.15, -0.1) is 0 Å². The minimum Gasteiger partial charge on any atom is -0.495 e. The molecule has 2 aromatic rings. The number of aryl methyl sites for hydroxylation is 1. The normalized spacial score (nSPS) is 15.5. The molecule has 1 saturated heterocycles. The molecule has 1 aliphatic heterocycles. The number of nitrogens with one attached hydrogen (secondary N) is 1. The van der Waals surface area contributed by atoms with Gasteiger partial charge >= 0.3 is 5.97 Å². The zero-order chi connectivity index (χ0) is 22.6. The third-order valence-corrected chi connectivity index (χ3v) is 6.79. The predicted octanol–water partition coefficient (Wildman–Crippen LogP) is 2.35. The Morgan fingerprint density at radius 2 is 1.97 bits per heavy atom. The number of nitrogens with zero attached hydrogens (tertiary/aromatic N) is 2. The molecule has 1 aromatic carbocycles. The molecule has 11 heteroatoms. The summed E-state index contributed by atoms with van der Waals surface area (Å²) >= 11 is 0. The highest BCUT2D eigenvalue weighted by Crippen LogP contribution is 2.30. The van der Waals surface area contributed by atoms with Crippen LogP contribution in [0.1, 0.15) is 42.3 Å². The Bertz CT molecular complexity index is 1060. The zero-order valence-electron chi connectivity index (χ0n) is 17.6. The molecule has 10 nitrogen and oxygen atoms in total. The molecule has 1 aromatic heterocycles. The van der Waals surface area contributed by atoms with Crippen LogP contribution < -0.4 is 10.1 Å². The van der Waals surface area contributed by atoms with Gasteiger partial charge in [-0.3, -0.25) is 4.79 Å². The molecule has 0 aliphatic carbocycles. The van der Waals surface area contributed by atoms with Crippen molar-refractivity contribution in [2.24, 2.45) is 0 Å². The van der Waals surface area contributed by atoms with Gasteiger partial charge in [-0.1, -0.05) is 12.1 Å². The van der Waals surface area contributed by atoms with E-state index in [0.29, 0.717) is 18.8 Å². The van der Waals surface area contributed by atoms with Crippen LogP contribution in [-0.2, 0) is 19.6 Å². The lowest BCUT2D eigenvalue weighted by atomic mass is 10.2. The van der Waals surface area contributed by atoms with E-state index in [4.69, 9.17) is 14.0 Å². The van der Waals surface area contributed by atoms with Crippen molar-refractivity contribution in [1.82, 2.24) is 9.46 Å². The average Bonchev–Trinajstić information content (AvgIpc) is 3.43. The highest BCUT2D eigenvalue weighted by molar-refractivity contribution is 7.89. The van der Waals surface area contributed by atoms with Gasteiger partial charge in [0.2, 0.25) is 10.0 Å². The van der Waals surface area contributed by atoms with Crippen LogP contribution in [-0.4, -0.2) is 56.1 Å². The van der Waals surface area contributed by atoms with Gasteiger partial charge in [0.1, 0.15) is 16.4 Å². The lowest BCUT2D eigenvalue weighted by Gasteiger charge is -2.19. The van der Waals surface area contributed by atoms with E-state index < -0.39 is 28.0 Å². The maximum Gasteiger partial charge on any atom is 0.338 e. The Kier molecular flexibility index (Phi) is 6.96. The highest BCUT2D eigenvalue weighted by Gasteiger charge is 2.31. The largest absolute Gasteiger partial charge is 0.495 e. The van der Waals surface area contributed by atoms with Crippen LogP contribution in [0.5, 0.6) is 5.75 Å². The summed E-state index contributed by atoms with van der Waals surface area (Å²) in [6.45, 7) is 4.19. The number of carbonyl (C=O) groups excluding carboxylic acids is 2. The van der Waals surface area contributed by atoms with Crippen LogP contribution in [0, 0.1) is 6.92 Å². The fraction of sp³-hybridized carbons (Fsp3) is 0.450. The molecule has 0 unspecified atom stereocenters. The van der Waals surface area contributed by atoms with Crippen molar-refractivity contribution in [3.8, 4) is 5.75 Å². The van der Waals surface area contributed by atoms with Gasteiger partial charge < -0.3 is 19.3 Å². The zero-order valence-corrected chi connectivity index (χ0v) is 18.4. The molecule has 0 bridgehead atoms. The number of benzene rings is 1. The van der Waals surface area contributed by atoms with E-state index in [1.807, 2.05) is 0 Å². The van der Waals surface area contributed by atoms with Crippen molar-refractivity contribution in [2.45, 2.75) is 44.1 Å². The summed E-state index contributed by atoms with van der Waals surface area (Å²) in [5.41, 5.74) is 0.00195. The molecule has 168 valence electrons. The van der Waals surface area contributed by atoms with E-state index in [0.717, 1.165) is 12.8 Å². The number of anilines is 1. The van der Waals surface area contributed by atoms with Crippen molar-refractivity contribution in [1.29, 1.82) is 0 Å². The Hall–Kier alpha value is -2.92. The van der Waals surface area contributed by atoms with Crippen molar-refractivity contribution in [3.63, 3.8) is 0 Å². The first kappa shape index (κ1) is 22.8. The number of sulfonamides is 1. The second kappa shape index (κ2) is 9.48. The maximum absolute atomic E-state index is 13.0. The first-order valence-corrected chi connectivity index (χ1v) is 11.3. The number of aromatic nitrogens is 1. The number of rotatable bonds is 8. The van der Waals surface area contributed by atoms with E-state index >= 15 is 0 Å². The molecule has 1 fully saturated rings. The van der Waals surface area contributed by atoms with Gasteiger partial charge in [-0.2, -0.15) is 4.31 Å². The first-order valence-electron chi connectivity index (χ1n) is 9.89. The maximum atomic E-state index is 13.0. The summed E-state index contributed by atoms with van der Waals surface area (Å²) in [5.74, 6) is -0.526. The van der Waals surface area contributed by atoms with Crippen LogP contribution in [0.2, 0.25) is 0 Å².